The van der Waals surface area contributed by atoms with Crippen molar-refractivity contribution in [3.8, 4) is 28.6 Å². The lowest BCUT2D eigenvalue weighted by Crippen LogP contribution is -2.44. The Balaban J connectivity index is 1.42. The maximum Gasteiger partial charge on any atom is 0.247 e. The van der Waals surface area contributed by atoms with Gasteiger partial charge in [-0.2, -0.15) is 0 Å². The van der Waals surface area contributed by atoms with Crippen LogP contribution in [0.4, 0.5) is 11.4 Å². The van der Waals surface area contributed by atoms with Crippen molar-refractivity contribution in [3.05, 3.63) is 67.5 Å². The lowest BCUT2D eigenvalue weighted by Gasteiger charge is -2.34. The van der Waals surface area contributed by atoms with Gasteiger partial charge in [-0.25, -0.2) is 9.97 Å². The van der Waals surface area contributed by atoms with Gasteiger partial charge in [0.1, 0.15) is 23.5 Å². The van der Waals surface area contributed by atoms with E-state index in [1.807, 2.05) is 12.1 Å². The number of fused-ring (bicyclic) bond motifs is 1. The molecule has 36 heavy (non-hydrogen) atoms. The molecule has 3 heterocycles. The number of aromatic nitrogens is 3. The van der Waals surface area contributed by atoms with E-state index in [0.29, 0.717) is 23.0 Å². The first-order valence-electron chi connectivity index (χ1n) is 11.7. The average Bonchev–Trinajstić information content (AvgIpc) is 3.34. The maximum absolute atomic E-state index is 11.6. The van der Waals surface area contributed by atoms with E-state index in [-0.39, 0.29) is 5.91 Å². The van der Waals surface area contributed by atoms with E-state index in [4.69, 9.17) is 9.47 Å². The molecule has 0 atom stereocenters. The third kappa shape index (κ3) is 4.87. The number of anilines is 2. The Bertz CT molecular complexity index is 1410. The first-order valence-corrected chi connectivity index (χ1v) is 11.7. The highest BCUT2D eigenvalue weighted by atomic mass is 16.5. The minimum Gasteiger partial charge on any atom is -0.495 e. The number of carbonyl (C=O) groups excluding carboxylic acids is 1. The molecule has 0 aliphatic carbocycles. The van der Waals surface area contributed by atoms with E-state index in [1.165, 1.54) is 12.4 Å². The summed E-state index contributed by atoms with van der Waals surface area (Å²) in [6.07, 6.45) is 2.67. The zero-order valence-corrected chi connectivity index (χ0v) is 20.3. The second kappa shape index (κ2) is 10.1. The van der Waals surface area contributed by atoms with E-state index >= 15 is 0 Å². The van der Waals surface area contributed by atoms with Gasteiger partial charge in [0.05, 0.1) is 18.2 Å². The van der Waals surface area contributed by atoms with Gasteiger partial charge in [-0.3, -0.25) is 4.79 Å². The lowest BCUT2D eigenvalue weighted by molar-refractivity contribution is -0.111. The molecule has 0 bridgehead atoms. The fourth-order valence-corrected chi connectivity index (χ4v) is 4.25. The number of aromatic amines is 1. The van der Waals surface area contributed by atoms with Crippen LogP contribution in [0.15, 0.2) is 67.5 Å². The Morgan fingerprint density at radius 2 is 1.94 bits per heavy atom. The molecule has 0 saturated carbocycles. The summed E-state index contributed by atoms with van der Waals surface area (Å²) in [6, 6.07) is 15.3. The molecule has 1 amide bonds. The normalized spacial score (nSPS) is 14.0. The number of rotatable bonds is 7. The number of amides is 1. The molecule has 0 unspecified atom stereocenters. The highest BCUT2D eigenvalue weighted by molar-refractivity contribution is 5.99. The number of likely N-dealkylation sites (N-methyl/N-ethyl adjacent to an activating group) is 1. The zero-order valence-electron chi connectivity index (χ0n) is 20.3. The summed E-state index contributed by atoms with van der Waals surface area (Å²) in [5.41, 5.74) is 4.21. The summed E-state index contributed by atoms with van der Waals surface area (Å²) < 4.78 is 11.8. The summed E-state index contributed by atoms with van der Waals surface area (Å²) >= 11 is 0. The number of benzene rings is 2. The molecule has 2 aromatic carbocycles. The number of ether oxygens (including phenoxy) is 2. The van der Waals surface area contributed by atoms with Crippen LogP contribution in [0.5, 0.6) is 17.4 Å². The smallest absolute Gasteiger partial charge is 0.247 e. The van der Waals surface area contributed by atoms with Gasteiger partial charge < -0.3 is 29.6 Å². The van der Waals surface area contributed by atoms with Gasteiger partial charge in [0.2, 0.25) is 11.8 Å². The van der Waals surface area contributed by atoms with Crippen LogP contribution in [0.25, 0.3) is 22.3 Å². The monoisotopic (exact) mass is 484 g/mol. The number of H-pyrrole nitrogens is 1. The second-order valence-electron chi connectivity index (χ2n) is 8.62. The van der Waals surface area contributed by atoms with E-state index in [2.05, 4.69) is 55.8 Å². The van der Waals surface area contributed by atoms with Crippen molar-refractivity contribution < 1.29 is 14.3 Å². The van der Waals surface area contributed by atoms with Crippen LogP contribution in [0.2, 0.25) is 0 Å². The van der Waals surface area contributed by atoms with Gasteiger partial charge in [0.15, 0.2) is 0 Å². The number of nitrogens with zero attached hydrogens (tertiary/aromatic N) is 4. The minimum atomic E-state index is -0.291. The largest absolute Gasteiger partial charge is 0.495 e. The second-order valence-corrected chi connectivity index (χ2v) is 8.62. The molecule has 0 radical (unpaired) electrons. The number of piperazine rings is 1. The molecule has 1 aliphatic heterocycles. The van der Waals surface area contributed by atoms with Gasteiger partial charge in [-0.1, -0.05) is 18.7 Å². The summed E-state index contributed by atoms with van der Waals surface area (Å²) in [6.45, 7) is 7.46. The molecule has 4 aromatic rings. The van der Waals surface area contributed by atoms with Crippen LogP contribution in [0.3, 0.4) is 0 Å². The molecule has 9 nitrogen and oxygen atoms in total. The fourth-order valence-electron chi connectivity index (χ4n) is 4.25. The van der Waals surface area contributed by atoms with Crippen LogP contribution >= 0.6 is 0 Å². The van der Waals surface area contributed by atoms with Crippen molar-refractivity contribution in [2.75, 3.05) is 50.6 Å². The van der Waals surface area contributed by atoms with Crippen LogP contribution in [0.1, 0.15) is 0 Å². The molecule has 1 aliphatic rings. The van der Waals surface area contributed by atoms with Crippen molar-refractivity contribution in [1.29, 1.82) is 0 Å². The van der Waals surface area contributed by atoms with Gasteiger partial charge in [-0.05, 0) is 43.5 Å². The van der Waals surface area contributed by atoms with Crippen molar-refractivity contribution >= 4 is 28.3 Å². The Morgan fingerprint density at radius 3 is 2.72 bits per heavy atom. The number of hydrogen-bond acceptors (Lipinski definition) is 7. The van der Waals surface area contributed by atoms with Crippen LogP contribution in [0, 0.1) is 0 Å². The Hall–Kier alpha value is -4.37. The highest BCUT2D eigenvalue weighted by Crippen LogP contribution is 2.36. The lowest BCUT2D eigenvalue weighted by atomic mass is 10.1. The Kier molecular flexibility index (Phi) is 6.55. The van der Waals surface area contributed by atoms with Gasteiger partial charge >= 0.3 is 0 Å². The van der Waals surface area contributed by atoms with E-state index in [1.54, 1.807) is 31.4 Å². The maximum atomic E-state index is 11.6. The molecular weight excluding hydrogens is 456 g/mol. The summed E-state index contributed by atoms with van der Waals surface area (Å²) in [4.78, 5) is 28.4. The molecule has 1 fully saturated rings. The molecule has 5 rings (SSSR count). The van der Waals surface area contributed by atoms with Crippen molar-refractivity contribution in [2.45, 2.75) is 0 Å². The third-order valence-corrected chi connectivity index (χ3v) is 6.23. The molecule has 184 valence electrons. The highest BCUT2D eigenvalue weighted by Gasteiger charge is 2.19. The van der Waals surface area contributed by atoms with Crippen molar-refractivity contribution in [3.63, 3.8) is 0 Å². The number of carbonyl (C=O) groups is 1. The SMILES string of the molecule is C=CC(=O)Nc1cccc(Oc2ncnc3[nH]c(-c4ccc(N5CCN(C)CC5)c(OC)c4)cc23)c1. The number of methoxy groups -OCH3 is 1. The standard InChI is InChI=1S/C27H28N6O3/c1-4-25(34)30-19-6-5-7-20(15-19)36-27-21-16-22(31-26(21)28-17-29-27)18-8-9-23(24(14-18)35-3)33-12-10-32(2)11-13-33/h4-9,14-17H,1,10-13H2,2-3H3,(H,30,34)(H,28,29,31). The molecule has 2 N–H and O–H groups in total. The van der Waals surface area contributed by atoms with Gasteiger partial charge in [0.25, 0.3) is 0 Å². The molecule has 2 aromatic heterocycles. The van der Waals surface area contributed by atoms with Crippen molar-refractivity contribution in [2.24, 2.45) is 0 Å². The predicted octanol–water partition coefficient (Wildman–Crippen LogP) is 4.30. The van der Waals surface area contributed by atoms with E-state index < -0.39 is 0 Å². The van der Waals surface area contributed by atoms with Crippen LogP contribution in [-0.2, 0) is 4.79 Å². The van der Waals surface area contributed by atoms with E-state index in [9.17, 15) is 4.79 Å². The van der Waals surface area contributed by atoms with Gasteiger partial charge in [0, 0.05) is 49.2 Å². The number of nitrogens with one attached hydrogen (secondary N) is 2. The predicted molar refractivity (Wildman–Crippen MR) is 141 cm³/mol. The molecule has 9 heteroatoms. The summed E-state index contributed by atoms with van der Waals surface area (Å²) in [5.74, 6) is 1.49. The molecule has 1 saturated heterocycles. The van der Waals surface area contributed by atoms with Crippen molar-refractivity contribution in [1.82, 2.24) is 19.9 Å². The molecule has 0 spiro atoms. The topological polar surface area (TPSA) is 95.6 Å². The Morgan fingerprint density at radius 1 is 1.11 bits per heavy atom. The Labute approximate surface area is 209 Å². The first kappa shape index (κ1) is 23.4. The first-order chi connectivity index (χ1) is 17.5. The van der Waals surface area contributed by atoms with Crippen LogP contribution < -0.4 is 19.7 Å². The number of hydrogen-bond donors (Lipinski definition) is 2. The van der Waals surface area contributed by atoms with E-state index in [0.717, 1.165) is 54.3 Å². The molecular formula is C27H28N6O3. The summed E-state index contributed by atoms with van der Waals surface area (Å²) in [7, 11) is 3.85. The fraction of sp³-hybridized carbons (Fsp3) is 0.222. The summed E-state index contributed by atoms with van der Waals surface area (Å²) in [5, 5.41) is 3.47. The zero-order chi connectivity index (χ0) is 25.1. The third-order valence-electron chi connectivity index (χ3n) is 6.23. The minimum absolute atomic E-state index is 0.291. The van der Waals surface area contributed by atoms with Crippen LogP contribution in [-0.4, -0.2) is 66.1 Å². The quantitative estimate of drug-likeness (QED) is 0.378. The average molecular weight is 485 g/mol. The van der Waals surface area contributed by atoms with Gasteiger partial charge in [-0.15, -0.1) is 0 Å².